The van der Waals surface area contributed by atoms with Crippen molar-refractivity contribution in [3.8, 4) is 0 Å². The number of carbonyl (C=O) groups excluding carboxylic acids is 2. The monoisotopic (exact) mass is 473 g/mol. The number of hydrogen-bond donors (Lipinski definition) is 2. The first-order valence-electron chi connectivity index (χ1n) is 14.1. The lowest BCUT2D eigenvalue weighted by atomic mass is 10.2. The molecule has 0 aromatic rings. The fourth-order valence-electron chi connectivity index (χ4n) is 0.435. The molecule has 1 fully saturated rings. The Hall–Kier alpha value is -0.900. The van der Waals surface area contributed by atoms with Crippen LogP contribution in [0.25, 0.3) is 0 Å². The van der Waals surface area contributed by atoms with Gasteiger partial charge in [0, 0.05) is 6.42 Å². The van der Waals surface area contributed by atoms with Crippen LogP contribution in [0.5, 0.6) is 0 Å². The Labute approximate surface area is 210 Å². The standard InChI is InChI=1S/C5H10N2O2.C3H6.10C2H6/c1-7-4(3-8)2-5(6)9;1-2-3-1;10*1-2/h3-4,7H,2H2,1H3,(H2,6,9);1-3H2;10*1-2H3/t4-;;;;;;;;;;;/m0.........../s1. The van der Waals surface area contributed by atoms with E-state index in [2.05, 4.69) is 5.32 Å². The van der Waals surface area contributed by atoms with Gasteiger partial charge >= 0.3 is 0 Å². The summed E-state index contributed by atoms with van der Waals surface area (Å²) in [5, 5.41) is 2.61. The summed E-state index contributed by atoms with van der Waals surface area (Å²) in [6, 6.07) is -0.428. The highest BCUT2D eigenvalue weighted by atomic mass is 16.1. The van der Waals surface area contributed by atoms with Gasteiger partial charge in [-0.25, -0.2) is 0 Å². The second-order valence-corrected chi connectivity index (χ2v) is 2.76. The van der Waals surface area contributed by atoms with Crippen molar-refractivity contribution < 1.29 is 9.59 Å². The van der Waals surface area contributed by atoms with E-state index in [0.29, 0.717) is 6.29 Å². The van der Waals surface area contributed by atoms with Gasteiger partial charge in [0.2, 0.25) is 5.91 Å². The molecular weight excluding hydrogens is 396 g/mol. The van der Waals surface area contributed by atoms with E-state index in [-0.39, 0.29) is 6.42 Å². The van der Waals surface area contributed by atoms with E-state index in [0.717, 1.165) is 0 Å². The molecule has 0 aromatic heterocycles. The van der Waals surface area contributed by atoms with Crippen LogP contribution in [0, 0.1) is 0 Å². The number of primary amides is 1. The molecule has 0 aliphatic heterocycles. The van der Waals surface area contributed by atoms with Crippen molar-refractivity contribution in [3.63, 3.8) is 0 Å². The van der Waals surface area contributed by atoms with Crippen molar-refractivity contribution in [2.24, 2.45) is 5.73 Å². The highest BCUT2D eigenvalue weighted by Crippen LogP contribution is 2.14. The Morgan fingerprint density at radius 3 is 0.844 bits per heavy atom. The lowest BCUT2D eigenvalue weighted by Crippen LogP contribution is -2.31. The minimum atomic E-state index is -0.471. The van der Waals surface area contributed by atoms with E-state index in [9.17, 15) is 9.59 Å². The van der Waals surface area contributed by atoms with Crippen LogP contribution in [-0.2, 0) is 9.59 Å². The average molecular weight is 473 g/mol. The second-order valence-electron chi connectivity index (χ2n) is 2.76. The Morgan fingerprint density at radius 1 is 0.625 bits per heavy atom. The maximum atomic E-state index is 10.2. The van der Waals surface area contributed by atoms with E-state index in [1.165, 1.54) is 19.3 Å². The molecule has 0 aromatic carbocycles. The van der Waals surface area contributed by atoms with Crippen LogP contribution in [0.1, 0.15) is 164 Å². The first kappa shape index (κ1) is 69.7. The normalized spacial score (nSPS) is 7.66. The minimum Gasteiger partial charge on any atom is -0.370 e. The maximum Gasteiger partial charge on any atom is 0.219 e. The van der Waals surface area contributed by atoms with Crippen LogP contribution >= 0.6 is 0 Å². The molecule has 0 radical (unpaired) electrons. The van der Waals surface area contributed by atoms with E-state index in [4.69, 9.17) is 5.73 Å². The summed E-state index contributed by atoms with van der Waals surface area (Å²) >= 11 is 0. The molecule has 3 N–H and O–H groups in total. The van der Waals surface area contributed by atoms with Gasteiger partial charge in [0.1, 0.15) is 6.29 Å². The first-order valence-corrected chi connectivity index (χ1v) is 14.1. The number of amides is 1. The molecule has 1 atom stereocenters. The molecule has 0 unspecified atom stereocenters. The maximum absolute atomic E-state index is 10.2. The van der Waals surface area contributed by atoms with Gasteiger partial charge in [-0.1, -0.05) is 158 Å². The van der Waals surface area contributed by atoms with Gasteiger partial charge in [0.05, 0.1) is 6.04 Å². The molecule has 0 saturated heterocycles. The fraction of sp³-hybridized carbons (Fsp3) is 0.929. The molecule has 0 bridgehead atoms. The van der Waals surface area contributed by atoms with Gasteiger partial charge < -0.3 is 15.8 Å². The summed E-state index contributed by atoms with van der Waals surface area (Å²) in [5.74, 6) is -0.471. The molecule has 1 aliphatic carbocycles. The predicted molar refractivity (Wildman–Crippen MR) is 160 cm³/mol. The molecule has 1 saturated carbocycles. The Kier molecular flexibility index (Phi) is 451. The number of nitrogens with one attached hydrogen (secondary N) is 1. The first-order chi connectivity index (χ1) is 15.7. The zero-order chi connectivity index (χ0) is 29.4. The molecule has 4 heteroatoms. The van der Waals surface area contributed by atoms with Crippen LogP contribution in [0.2, 0.25) is 0 Å². The molecule has 4 nitrogen and oxygen atoms in total. The van der Waals surface area contributed by atoms with Crippen molar-refractivity contribution in [1.29, 1.82) is 0 Å². The third-order valence-electron chi connectivity index (χ3n) is 1.31. The van der Waals surface area contributed by atoms with Crippen LogP contribution in [0.3, 0.4) is 0 Å². The lowest BCUT2D eigenvalue weighted by molar-refractivity contribution is -0.120. The Morgan fingerprint density at radius 2 is 0.812 bits per heavy atom. The topological polar surface area (TPSA) is 72.2 Å². The lowest BCUT2D eigenvalue weighted by Gasteiger charge is -2.03. The summed E-state index contributed by atoms with van der Waals surface area (Å²) in [6.45, 7) is 40.0. The van der Waals surface area contributed by atoms with E-state index in [1.807, 2.05) is 138 Å². The zero-order valence-electron chi connectivity index (χ0n) is 27.4. The van der Waals surface area contributed by atoms with Crippen molar-refractivity contribution in [2.75, 3.05) is 7.05 Å². The van der Waals surface area contributed by atoms with Gasteiger partial charge in [-0.2, -0.15) is 0 Å². The molecule has 1 rings (SSSR count). The molecule has 0 heterocycles. The van der Waals surface area contributed by atoms with Gasteiger partial charge in [0.25, 0.3) is 0 Å². The number of nitrogens with two attached hydrogens (primary N) is 1. The predicted octanol–water partition coefficient (Wildman–Crippen LogP) is 10.1. The highest BCUT2D eigenvalue weighted by molar-refractivity contribution is 5.78. The molecule has 32 heavy (non-hydrogen) atoms. The van der Waals surface area contributed by atoms with Crippen LogP contribution in [0.4, 0.5) is 0 Å². The summed E-state index contributed by atoms with van der Waals surface area (Å²) < 4.78 is 0. The quantitative estimate of drug-likeness (QED) is 0.399. The summed E-state index contributed by atoms with van der Waals surface area (Å²) in [5.41, 5.74) is 4.81. The number of carbonyl (C=O) groups is 2. The molecule has 210 valence electrons. The minimum absolute atomic E-state index is 0.0694. The van der Waals surface area contributed by atoms with Crippen LogP contribution < -0.4 is 11.1 Å². The van der Waals surface area contributed by atoms with Crippen molar-refractivity contribution in [1.82, 2.24) is 5.32 Å². The van der Waals surface area contributed by atoms with Crippen LogP contribution in [-0.4, -0.2) is 25.3 Å². The molecule has 0 spiro atoms. The van der Waals surface area contributed by atoms with Gasteiger partial charge in [0.15, 0.2) is 0 Å². The number of rotatable bonds is 4. The molecule has 1 aliphatic rings. The fourth-order valence-corrected chi connectivity index (χ4v) is 0.435. The number of hydrogen-bond acceptors (Lipinski definition) is 3. The summed E-state index contributed by atoms with van der Waals surface area (Å²) in [4.78, 5) is 20.2. The van der Waals surface area contributed by atoms with E-state index < -0.39 is 11.9 Å². The zero-order valence-corrected chi connectivity index (χ0v) is 27.4. The van der Waals surface area contributed by atoms with Crippen molar-refractivity contribution in [3.05, 3.63) is 0 Å². The second kappa shape index (κ2) is 207. The third kappa shape index (κ3) is 350. The third-order valence-corrected chi connectivity index (χ3v) is 1.31. The SMILES string of the molecule is C1CC1.CC.CC.CC.CC.CC.CC.CC.CC.CC.CC.CN[C@H](C=O)CC(N)=O. The highest BCUT2D eigenvalue weighted by Gasteiger charge is 2.05. The number of aldehydes is 1. The summed E-state index contributed by atoms with van der Waals surface area (Å²) in [7, 11) is 1.60. The Bertz CT molecular complexity index is 150. The van der Waals surface area contributed by atoms with Gasteiger partial charge in [-0.3, -0.25) is 4.79 Å². The van der Waals surface area contributed by atoms with Crippen molar-refractivity contribution >= 4 is 12.2 Å². The largest absolute Gasteiger partial charge is 0.370 e. The molecule has 1 amide bonds. The molecular formula is C28H76N2O2. The summed E-state index contributed by atoms with van der Waals surface area (Å²) in [6.07, 6.45) is 5.23. The smallest absolute Gasteiger partial charge is 0.219 e. The van der Waals surface area contributed by atoms with Crippen LogP contribution in [0.15, 0.2) is 0 Å². The van der Waals surface area contributed by atoms with Gasteiger partial charge in [-0.05, 0) is 7.05 Å². The van der Waals surface area contributed by atoms with Gasteiger partial charge in [-0.15, -0.1) is 0 Å². The number of likely N-dealkylation sites (N-methyl/N-ethyl adjacent to an activating group) is 1. The van der Waals surface area contributed by atoms with Crippen molar-refractivity contribution in [2.45, 2.75) is 170 Å². The van der Waals surface area contributed by atoms with E-state index >= 15 is 0 Å². The van der Waals surface area contributed by atoms with E-state index in [1.54, 1.807) is 7.05 Å². The average Bonchev–Trinajstić information content (AvgIpc) is 3.84. The Balaban J connectivity index is -0.0000000183.